The fourth-order valence-electron chi connectivity index (χ4n) is 1.10. The Balaban J connectivity index is 3.23. The van der Waals surface area contributed by atoms with E-state index in [9.17, 15) is 8.78 Å². The Hall–Kier alpha value is -1.39. The van der Waals surface area contributed by atoms with Crippen LogP contribution in [0, 0.1) is 6.92 Å². The number of rotatable bonds is 3. The summed E-state index contributed by atoms with van der Waals surface area (Å²) in [6, 6.07) is 1.48. The van der Waals surface area contributed by atoms with Crippen molar-refractivity contribution in [2.75, 3.05) is 14.2 Å². The Morgan fingerprint density at radius 1 is 1.29 bits per heavy atom. The zero-order chi connectivity index (χ0) is 10.7. The molecule has 3 nitrogen and oxygen atoms in total. The molecule has 0 saturated heterocycles. The minimum atomic E-state index is -2.60. The molecule has 0 fully saturated rings. The number of halogens is 2. The number of methoxy groups -OCH3 is 2. The lowest BCUT2D eigenvalue weighted by Gasteiger charge is -2.10. The van der Waals surface area contributed by atoms with E-state index in [4.69, 9.17) is 9.47 Å². The highest BCUT2D eigenvalue weighted by Gasteiger charge is 2.17. The van der Waals surface area contributed by atoms with Crippen molar-refractivity contribution in [3.8, 4) is 11.6 Å². The van der Waals surface area contributed by atoms with Gasteiger partial charge in [0.25, 0.3) is 12.3 Å². The van der Waals surface area contributed by atoms with Crippen LogP contribution in [0.3, 0.4) is 0 Å². The fourth-order valence-corrected chi connectivity index (χ4v) is 1.10. The van der Waals surface area contributed by atoms with Crippen LogP contribution in [0.4, 0.5) is 8.78 Å². The van der Waals surface area contributed by atoms with Gasteiger partial charge in [0.2, 0.25) is 0 Å². The predicted octanol–water partition coefficient (Wildman–Crippen LogP) is 2.34. The highest BCUT2D eigenvalue weighted by atomic mass is 19.3. The van der Waals surface area contributed by atoms with Crippen LogP contribution in [0.5, 0.6) is 11.6 Å². The van der Waals surface area contributed by atoms with E-state index in [0.717, 1.165) is 0 Å². The van der Waals surface area contributed by atoms with Crippen LogP contribution >= 0.6 is 0 Å². The number of pyridine rings is 1. The second-order valence-electron chi connectivity index (χ2n) is 2.70. The molecule has 1 heterocycles. The maximum absolute atomic E-state index is 12.4. The molecular weight excluding hydrogens is 192 g/mol. The Bertz CT molecular complexity index is 329. The third kappa shape index (κ3) is 1.92. The van der Waals surface area contributed by atoms with Crippen LogP contribution < -0.4 is 9.47 Å². The van der Waals surface area contributed by atoms with Gasteiger partial charge >= 0.3 is 0 Å². The number of hydrogen-bond donors (Lipinski definition) is 0. The van der Waals surface area contributed by atoms with Crippen molar-refractivity contribution in [2.45, 2.75) is 13.3 Å². The van der Waals surface area contributed by atoms with Crippen LogP contribution in [0.2, 0.25) is 0 Å². The van der Waals surface area contributed by atoms with Gasteiger partial charge in [0.05, 0.1) is 14.2 Å². The van der Waals surface area contributed by atoms with Gasteiger partial charge in [-0.05, 0) is 18.6 Å². The molecule has 0 spiro atoms. The molecule has 0 unspecified atom stereocenters. The van der Waals surface area contributed by atoms with E-state index in [1.807, 2.05) is 0 Å². The highest BCUT2D eigenvalue weighted by Crippen LogP contribution is 2.30. The lowest BCUT2D eigenvalue weighted by molar-refractivity contribution is 0.143. The van der Waals surface area contributed by atoms with Gasteiger partial charge in [-0.15, -0.1) is 0 Å². The molecule has 1 aromatic rings. The number of hydrogen-bond acceptors (Lipinski definition) is 3. The summed E-state index contributed by atoms with van der Waals surface area (Å²) < 4.78 is 34.6. The summed E-state index contributed by atoms with van der Waals surface area (Å²) in [5.74, 6) is 0.433. The summed E-state index contributed by atoms with van der Waals surface area (Å²) in [4.78, 5) is 3.66. The van der Waals surface area contributed by atoms with E-state index in [1.165, 1.54) is 20.3 Å². The minimum absolute atomic E-state index is 0.0772. The van der Waals surface area contributed by atoms with Crippen molar-refractivity contribution in [1.82, 2.24) is 4.98 Å². The topological polar surface area (TPSA) is 31.4 Å². The van der Waals surface area contributed by atoms with Crippen LogP contribution in [0.1, 0.15) is 17.7 Å². The first-order chi connectivity index (χ1) is 6.60. The summed E-state index contributed by atoms with van der Waals surface area (Å²) in [5, 5.41) is 0. The van der Waals surface area contributed by atoms with Crippen molar-refractivity contribution in [1.29, 1.82) is 0 Å². The molecule has 0 aromatic carbocycles. The predicted molar refractivity (Wildman–Crippen MR) is 47.0 cm³/mol. The molecule has 5 heteroatoms. The van der Waals surface area contributed by atoms with Gasteiger partial charge in [-0.3, -0.25) is 0 Å². The molecule has 0 aliphatic carbocycles. The van der Waals surface area contributed by atoms with Gasteiger partial charge in [-0.1, -0.05) is 0 Å². The second-order valence-corrected chi connectivity index (χ2v) is 2.70. The second kappa shape index (κ2) is 4.21. The maximum atomic E-state index is 12.4. The SMILES string of the molecule is COc1cc(C)c(C(F)F)nc1OC. The van der Waals surface area contributed by atoms with Crippen LogP contribution in [0.25, 0.3) is 0 Å². The normalized spacial score (nSPS) is 10.4. The smallest absolute Gasteiger partial charge is 0.280 e. The number of ether oxygens (including phenoxy) is 2. The average Bonchev–Trinajstić information content (AvgIpc) is 2.16. The van der Waals surface area contributed by atoms with Gasteiger partial charge in [0.1, 0.15) is 5.69 Å². The van der Waals surface area contributed by atoms with Crippen molar-refractivity contribution in [3.63, 3.8) is 0 Å². The Kier molecular flexibility index (Phi) is 3.22. The highest BCUT2D eigenvalue weighted by molar-refractivity contribution is 5.39. The first kappa shape index (κ1) is 10.7. The lowest BCUT2D eigenvalue weighted by atomic mass is 10.2. The summed E-state index contributed by atoms with van der Waals surface area (Å²) in [6.07, 6.45) is -2.60. The van der Waals surface area contributed by atoms with Gasteiger partial charge < -0.3 is 9.47 Å². The molecule has 0 aliphatic rings. The summed E-state index contributed by atoms with van der Waals surface area (Å²) in [7, 11) is 2.79. The van der Waals surface area contributed by atoms with Gasteiger partial charge in [-0.2, -0.15) is 0 Å². The van der Waals surface area contributed by atoms with Crippen molar-refractivity contribution in [2.24, 2.45) is 0 Å². The molecule has 1 rings (SSSR count). The molecule has 0 aliphatic heterocycles. The number of nitrogens with zero attached hydrogens (tertiary/aromatic N) is 1. The van der Waals surface area contributed by atoms with Gasteiger partial charge in [-0.25, -0.2) is 13.8 Å². The molecule has 0 amide bonds. The molecule has 1 aromatic heterocycles. The van der Waals surface area contributed by atoms with E-state index >= 15 is 0 Å². The molecule has 0 saturated carbocycles. The maximum Gasteiger partial charge on any atom is 0.280 e. The van der Waals surface area contributed by atoms with Crippen molar-refractivity contribution >= 4 is 0 Å². The fraction of sp³-hybridized carbons (Fsp3) is 0.444. The van der Waals surface area contributed by atoms with E-state index in [0.29, 0.717) is 11.3 Å². The van der Waals surface area contributed by atoms with Crippen molar-refractivity contribution in [3.05, 3.63) is 17.3 Å². The number of alkyl halides is 2. The molecule has 14 heavy (non-hydrogen) atoms. The van der Waals surface area contributed by atoms with Crippen LogP contribution in [-0.2, 0) is 0 Å². The third-order valence-corrected chi connectivity index (χ3v) is 1.80. The quantitative estimate of drug-likeness (QED) is 0.755. The van der Waals surface area contributed by atoms with Crippen LogP contribution in [0.15, 0.2) is 6.07 Å². The lowest BCUT2D eigenvalue weighted by Crippen LogP contribution is -2.00. The molecular formula is C9H11F2NO2. The average molecular weight is 203 g/mol. The number of aryl methyl sites for hydroxylation is 1. The third-order valence-electron chi connectivity index (χ3n) is 1.80. The summed E-state index contributed by atoms with van der Waals surface area (Å²) in [6.45, 7) is 1.55. The summed E-state index contributed by atoms with van der Waals surface area (Å²) in [5.41, 5.74) is 0.111. The van der Waals surface area contributed by atoms with Gasteiger partial charge in [0, 0.05) is 0 Å². The molecule has 78 valence electrons. The Morgan fingerprint density at radius 2 is 1.93 bits per heavy atom. The monoisotopic (exact) mass is 203 g/mol. The standard InChI is InChI=1S/C9H11F2NO2/c1-5-4-6(13-2)9(14-3)12-7(5)8(10)11/h4,8H,1-3H3. The van der Waals surface area contributed by atoms with Crippen molar-refractivity contribution < 1.29 is 18.3 Å². The zero-order valence-corrected chi connectivity index (χ0v) is 8.17. The van der Waals surface area contributed by atoms with Gasteiger partial charge in [0.15, 0.2) is 5.75 Å². The molecule has 0 atom stereocenters. The first-order valence-electron chi connectivity index (χ1n) is 3.97. The molecule has 0 bridgehead atoms. The largest absolute Gasteiger partial charge is 0.491 e. The summed E-state index contributed by atoms with van der Waals surface area (Å²) >= 11 is 0. The van der Waals surface area contributed by atoms with E-state index in [-0.39, 0.29) is 11.6 Å². The zero-order valence-electron chi connectivity index (χ0n) is 8.17. The van der Waals surface area contributed by atoms with E-state index in [2.05, 4.69) is 4.98 Å². The minimum Gasteiger partial charge on any atom is -0.491 e. The Labute approximate surface area is 80.7 Å². The molecule has 0 N–H and O–H groups in total. The number of aromatic nitrogens is 1. The Morgan fingerprint density at radius 3 is 2.36 bits per heavy atom. The first-order valence-corrected chi connectivity index (χ1v) is 3.97. The molecule has 0 radical (unpaired) electrons. The van der Waals surface area contributed by atoms with Crippen LogP contribution in [-0.4, -0.2) is 19.2 Å². The van der Waals surface area contributed by atoms with E-state index in [1.54, 1.807) is 6.92 Å². The van der Waals surface area contributed by atoms with E-state index < -0.39 is 6.43 Å².